The number of fused-ring (bicyclic) bond motifs is 5. The lowest BCUT2D eigenvalue weighted by Gasteiger charge is -2.20. The standard InChI is InChI=1S/C23H17NS/c1-24(17-9-3-2-4-10-17)20-13-7-12-19-22-18-11-6-5-8-16(18)14-15-21(22)25-23(19)20/h2-15H,1H3. The molecule has 0 N–H and O–H groups in total. The summed E-state index contributed by atoms with van der Waals surface area (Å²) in [6, 6.07) is 30.3. The number of rotatable bonds is 2. The fraction of sp³-hybridized carbons (Fsp3) is 0.0435. The summed E-state index contributed by atoms with van der Waals surface area (Å²) in [5, 5.41) is 5.36. The molecule has 0 unspecified atom stereocenters. The highest BCUT2D eigenvalue weighted by Gasteiger charge is 2.14. The van der Waals surface area contributed by atoms with Crippen LogP contribution in [0, 0.1) is 0 Å². The normalized spacial score (nSPS) is 11.4. The number of anilines is 2. The molecule has 0 fully saturated rings. The van der Waals surface area contributed by atoms with Crippen LogP contribution < -0.4 is 4.90 Å². The van der Waals surface area contributed by atoms with Gasteiger partial charge in [-0.25, -0.2) is 0 Å². The third-order valence-electron chi connectivity index (χ3n) is 4.87. The van der Waals surface area contributed by atoms with Crippen LogP contribution in [0.4, 0.5) is 11.4 Å². The molecular weight excluding hydrogens is 322 g/mol. The zero-order valence-corrected chi connectivity index (χ0v) is 14.8. The van der Waals surface area contributed by atoms with Crippen molar-refractivity contribution in [3.63, 3.8) is 0 Å². The second-order valence-corrected chi connectivity index (χ2v) is 7.36. The molecule has 2 heteroatoms. The Morgan fingerprint density at radius 1 is 0.680 bits per heavy atom. The van der Waals surface area contributed by atoms with Gasteiger partial charge in [0.2, 0.25) is 0 Å². The molecule has 0 aliphatic rings. The largest absolute Gasteiger partial charge is 0.343 e. The van der Waals surface area contributed by atoms with Crippen molar-refractivity contribution in [2.75, 3.05) is 11.9 Å². The van der Waals surface area contributed by atoms with Crippen LogP contribution in [-0.2, 0) is 0 Å². The molecular formula is C23H17NS. The van der Waals surface area contributed by atoms with Crippen molar-refractivity contribution in [3.05, 3.63) is 84.9 Å². The van der Waals surface area contributed by atoms with Crippen LogP contribution in [-0.4, -0.2) is 7.05 Å². The SMILES string of the molecule is CN(c1ccccc1)c1cccc2c1sc1ccc3ccccc3c12. The minimum Gasteiger partial charge on any atom is -0.343 e. The van der Waals surface area contributed by atoms with E-state index in [9.17, 15) is 0 Å². The summed E-state index contributed by atoms with van der Waals surface area (Å²) in [7, 11) is 2.15. The molecule has 0 saturated carbocycles. The van der Waals surface area contributed by atoms with Gasteiger partial charge in [0.1, 0.15) is 0 Å². The van der Waals surface area contributed by atoms with Crippen LogP contribution >= 0.6 is 11.3 Å². The Bertz CT molecular complexity index is 1200. The molecule has 1 heterocycles. The van der Waals surface area contributed by atoms with Crippen molar-refractivity contribution in [2.24, 2.45) is 0 Å². The van der Waals surface area contributed by atoms with Gasteiger partial charge in [-0.3, -0.25) is 0 Å². The number of nitrogens with zero attached hydrogens (tertiary/aromatic N) is 1. The van der Waals surface area contributed by atoms with Crippen LogP contribution in [0.3, 0.4) is 0 Å². The molecule has 0 atom stereocenters. The van der Waals surface area contributed by atoms with E-state index in [1.165, 1.54) is 42.3 Å². The number of thiophene rings is 1. The summed E-state index contributed by atoms with van der Waals surface area (Å²) in [5.41, 5.74) is 2.46. The maximum absolute atomic E-state index is 2.28. The number of hydrogen-bond acceptors (Lipinski definition) is 2. The van der Waals surface area contributed by atoms with Crippen molar-refractivity contribution in [3.8, 4) is 0 Å². The highest BCUT2D eigenvalue weighted by atomic mass is 32.1. The number of benzene rings is 4. The van der Waals surface area contributed by atoms with Gasteiger partial charge >= 0.3 is 0 Å². The summed E-state index contributed by atoms with van der Waals surface area (Å²) < 4.78 is 2.70. The van der Waals surface area contributed by atoms with E-state index in [4.69, 9.17) is 0 Å². The van der Waals surface area contributed by atoms with Crippen LogP contribution in [0.2, 0.25) is 0 Å². The molecule has 0 aliphatic heterocycles. The molecule has 5 rings (SSSR count). The Morgan fingerprint density at radius 3 is 2.32 bits per heavy atom. The molecule has 0 bridgehead atoms. The van der Waals surface area contributed by atoms with Crippen molar-refractivity contribution in [2.45, 2.75) is 0 Å². The maximum atomic E-state index is 2.28. The van der Waals surface area contributed by atoms with Gasteiger partial charge in [0, 0.05) is 28.2 Å². The molecule has 1 nitrogen and oxygen atoms in total. The van der Waals surface area contributed by atoms with Gasteiger partial charge < -0.3 is 4.90 Å². The Kier molecular flexibility index (Phi) is 3.25. The van der Waals surface area contributed by atoms with Gasteiger partial charge in [-0.05, 0) is 35.0 Å². The van der Waals surface area contributed by atoms with Crippen LogP contribution in [0.5, 0.6) is 0 Å². The summed E-state index contributed by atoms with van der Waals surface area (Å²) in [6.07, 6.45) is 0. The summed E-state index contributed by atoms with van der Waals surface area (Å²) in [4.78, 5) is 2.28. The van der Waals surface area contributed by atoms with Gasteiger partial charge in [-0.15, -0.1) is 11.3 Å². The predicted octanol–water partition coefficient (Wildman–Crippen LogP) is 6.98. The zero-order valence-electron chi connectivity index (χ0n) is 13.9. The molecule has 25 heavy (non-hydrogen) atoms. The first kappa shape index (κ1) is 14.5. The fourth-order valence-corrected chi connectivity index (χ4v) is 4.88. The lowest BCUT2D eigenvalue weighted by Crippen LogP contribution is -2.08. The molecule has 120 valence electrons. The average Bonchev–Trinajstić information content (AvgIpc) is 3.07. The zero-order chi connectivity index (χ0) is 16.8. The van der Waals surface area contributed by atoms with Gasteiger partial charge in [0.15, 0.2) is 0 Å². The highest BCUT2D eigenvalue weighted by molar-refractivity contribution is 7.26. The summed E-state index contributed by atoms with van der Waals surface area (Å²) in [6.45, 7) is 0. The van der Waals surface area contributed by atoms with Crippen molar-refractivity contribution < 1.29 is 0 Å². The van der Waals surface area contributed by atoms with E-state index in [1.54, 1.807) is 0 Å². The summed E-state index contributed by atoms with van der Waals surface area (Å²) in [5.74, 6) is 0. The van der Waals surface area contributed by atoms with Crippen LogP contribution in [0.1, 0.15) is 0 Å². The van der Waals surface area contributed by atoms with Gasteiger partial charge in [0.25, 0.3) is 0 Å². The number of para-hydroxylation sites is 1. The molecule has 5 aromatic rings. The monoisotopic (exact) mass is 339 g/mol. The first-order valence-electron chi connectivity index (χ1n) is 8.45. The van der Waals surface area contributed by atoms with Crippen molar-refractivity contribution in [1.29, 1.82) is 0 Å². The van der Waals surface area contributed by atoms with Gasteiger partial charge in [0.05, 0.1) is 10.4 Å². The molecule has 4 aromatic carbocycles. The maximum Gasteiger partial charge on any atom is 0.0592 e. The molecule has 0 amide bonds. The third-order valence-corrected chi connectivity index (χ3v) is 6.06. The lowest BCUT2D eigenvalue weighted by atomic mass is 10.0. The van der Waals surface area contributed by atoms with E-state index in [0.29, 0.717) is 0 Å². The quantitative estimate of drug-likeness (QED) is 0.335. The van der Waals surface area contributed by atoms with E-state index in [1.807, 2.05) is 11.3 Å². The topological polar surface area (TPSA) is 3.24 Å². The Hall–Kier alpha value is -2.84. The molecule has 0 radical (unpaired) electrons. The first-order chi connectivity index (χ1) is 12.3. The molecule has 0 aliphatic carbocycles. The predicted molar refractivity (Wildman–Crippen MR) is 111 cm³/mol. The van der Waals surface area contributed by atoms with E-state index >= 15 is 0 Å². The highest BCUT2D eigenvalue weighted by Crippen LogP contribution is 2.43. The van der Waals surface area contributed by atoms with E-state index in [0.717, 1.165) is 0 Å². The fourth-order valence-electron chi connectivity index (χ4n) is 3.61. The first-order valence-corrected chi connectivity index (χ1v) is 9.26. The molecule has 0 spiro atoms. The molecule has 1 aromatic heterocycles. The Labute approximate surface area is 150 Å². The van der Waals surface area contributed by atoms with Crippen LogP contribution in [0.25, 0.3) is 30.9 Å². The smallest absolute Gasteiger partial charge is 0.0592 e. The van der Waals surface area contributed by atoms with E-state index in [-0.39, 0.29) is 0 Å². The molecule has 0 saturated heterocycles. The Morgan fingerprint density at radius 2 is 1.44 bits per heavy atom. The van der Waals surface area contributed by atoms with Crippen molar-refractivity contribution >= 4 is 53.7 Å². The third kappa shape index (κ3) is 2.22. The average molecular weight is 339 g/mol. The van der Waals surface area contributed by atoms with Gasteiger partial charge in [-0.2, -0.15) is 0 Å². The lowest BCUT2D eigenvalue weighted by molar-refractivity contribution is 1.22. The van der Waals surface area contributed by atoms with Gasteiger partial charge in [-0.1, -0.05) is 60.7 Å². The van der Waals surface area contributed by atoms with Crippen molar-refractivity contribution in [1.82, 2.24) is 0 Å². The second kappa shape index (κ2) is 5.61. The summed E-state index contributed by atoms with van der Waals surface area (Å²) >= 11 is 1.88. The minimum absolute atomic E-state index is 1.21. The minimum atomic E-state index is 1.21. The second-order valence-electron chi connectivity index (χ2n) is 6.31. The number of hydrogen-bond donors (Lipinski definition) is 0. The Balaban J connectivity index is 1.83. The van der Waals surface area contributed by atoms with E-state index < -0.39 is 0 Å². The van der Waals surface area contributed by atoms with Crippen LogP contribution in [0.15, 0.2) is 84.9 Å². The van der Waals surface area contributed by atoms with E-state index in [2.05, 4.69) is 96.9 Å².